The number of carbonyl (C=O) groups is 1. The van der Waals surface area contributed by atoms with Crippen molar-refractivity contribution in [1.82, 2.24) is 4.98 Å². The SMILES string of the molecule is CCOC(=O)Cc1csc(NN=Cc2ccc(C#CCO)cc2)n1. The van der Waals surface area contributed by atoms with Gasteiger partial charge in [0.2, 0.25) is 5.13 Å². The van der Waals surface area contributed by atoms with Crippen LogP contribution in [0.1, 0.15) is 23.7 Å². The van der Waals surface area contributed by atoms with Gasteiger partial charge in [-0.25, -0.2) is 4.98 Å². The maximum atomic E-state index is 11.4. The number of rotatable bonds is 6. The molecule has 1 heterocycles. The average molecular weight is 343 g/mol. The molecule has 6 nitrogen and oxygen atoms in total. The first-order valence-corrected chi connectivity index (χ1v) is 8.18. The Morgan fingerprint density at radius 1 is 1.46 bits per heavy atom. The number of ether oxygens (including phenoxy) is 1. The maximum absolute atomic E-state index is 11.4. The monoisotopic (exact) mass is 343 g/mol. The van der Waals surface area contributed by atoms with Gasteiger partial charge in [0.1, 0.15) is 6.61 Å². The molecule has 0 fully saturated rings. The summed E-state index contributed by atoms with van der Waals surface area (Å²) in [7, 11) is 0. The molecule has 2 rings (SSSR count). The van der Waals surface area contributed by atoms with E-state index in [4.69, 9.17) is 9.84 Å². The van der Waals surface area contributed by atoms with Crippen LogP contribution in [0.2, 0.25) is 0 Å². The van der Waals surface area contributed by atoms with Gasteiger partial charge in [-0.15, -0.1) is 11.3 Å². The number of hydrogen-bond donors (Lipinski definition) is 2. The number of nitrogens with one attached hydrogen (secondary N) is 1. The van der Waals surface area contributed by atoms with Crippen molar-refractivity contribution in [3.63, 3.8) is 0 Å². The molecule has 124 valence electrons. The molecule has 2 aromatic rings. The summed E-state index contributed by atoms with van der Waals surface area (Å²) in [6, 6.07) is 7.46. The Hall–Kier alpha value is -2.69. The molecule has 1 aromatic carbocycles. The fourth-order valence-electron chi connectivity index (χ4n) is 1.76. The van der Waals surface area contributed by atoms with E-state index < -0.39 is 0 Å². The molecular formula is C17H17N3O3S. The lowest BCUT2D eigenvalue weighted by Crippen LogP contribution is -2.07. The summed E-state index contributed by atoms with van der Waals surface area (Å²) in [6.45, 7) is 1.98. The van der Waals surface area contributed by atoms with Gasteiger partial charge >= 0.3 is 5.97 Å². The minimum absolute atomic E-state index is 0.154. The molecule has 0 bridgehead atoms. The first-order chi connectivity index (χ1) is 11.7. The molecule has 0 aliphatic rings. The van der Waals surface area contributed by atoms with Gasteiger partial charge in [0.25, 0.3) is 0 Å². The molecule has 0 atom stereocenters. The Kier molecular flexibility index (Phi) is 6.95. The molecule has 0 spiro atoms. The van der Waals surface area contributed by atoms with Crippen molar-refractivity contribution in [1.29, 1.82) is 0 Å². The molecule has 7 heteroatoms. The molecule has 0 unspecified atom stereocenters. The number of aromatic nitrogens is 1. The molecule has 0 radical (unpaired) electrons. The number of hydrogen-bond acceptors (Lipinski definition) is 7. The lowest BCUT2D eigenvalue weighted by molar-refractivity contribution is -0.142. The van der Waals surface area contributed by atoms with Crippen molar-refractivity contribution >= 4 is 28.7 Å². The lowest BCUT2D eigenvalue weighted by atomic mass is 10.1. The van der Waals surface area contributed by atoms with Crippen LogP contribution in [0, 0.1) is 11.8 Å². The van der Waals surface area contributed by atoms with Crippen molar-refractivity contribution in [2.24, 2.45) is 5.10 Å². The van der Waals surface area contributed by atoms with Crippen LogP contribution in [0.5, 0.6) is 0 Å². The smallest absolute Gasteiger partial charge is 0.311 e. The summed E-state index contributed by atoms with van der Waals surface area (Å²) >= 11 is 1.37. The van der Waals surface area contributed by atoms with Crippen LogP contribution in [0.3, 0.4) is 0 Å². The topological polar surface area (TPSA) is 83.8 Å². The van der Waals surface area contributed by atoms with E-state index in [2.05, 4.69) is 27.4 Å². The van der Waals surface area contributed by atoms with E-state index in [0.29, 0.717) is 17.4 Å². The lowest BCUT2D eigenvalue weighted by Gasteiger charge is -1.98. The Morgan fingerprint density at radius 3 is 2.96 bits per heavy atom. The molecular weight excluding hydrogens is 326 g/mol. The third kappa shape index (κ3) is 5.83. The molecule has 0 aliphatic heterocycles. The molecule has 1 aromatic heterocycles. The van der Waals surface area contributed by atoms with Crippen molar-refractivity contribution < 1.29 is 14.6 Å². The van der Waals surface area contributed by atoms with Gasteiger partial charge in [-0.3, -0.25) is 10.2 Å². The molecule has 24 heavy (non-hydrogen) atoms. The molecule has 0 aliphatic carbocycles. The summed E-state index contributed by atoms with van der Waals surface area (Å²) in [5.41, 5.74) is 5.22. The summed E-state index contributed by atoms with van der Waals surface area (Å²) in [6.07, 6.45) is 1.82. The normalized spacial score (nSPS) is 10.2. The number of carbonyl (C=O) groups excluding carboxylic acids is 1. The van der Waals surface area contributed by atoms with E-state index in [1.165, 1.54) is 11.3 Å². The van der Waals surface area contributed by atoms with Gasteiger partial charge < -0.3 is 9.84 Å². The molecule has 0 amide bonds. The highest BCUT2D eigenvalue weighted by Crippen LogP contribution is 2.16. The van der Waals surface area contributed by atoms with Crippen LogP contribution < -0.4 is 5.43 Å². The number of aliphatic hydroxyl groups excluding tert-OH is 1. The highest BCUT2D eigenvalue weighted by atomic mass is 32.1. The average Bonchev–Trinajstić information content (AvgIpc) is 3.01. The van der Waals surface area contributed by atoms with E-state index >= 15 is 0 Å². The molecule has 0 saturated heterocycles. The third-order valence-corrected chi connectivity index (χ3v) is 3.57. The zero-order valence-corrected chi connectivity index (χ0v) is 14.0. The molecule has 2 N–H and O–H groups in total. The highest BCUT2D eigenvalue weighted by molar-refractivity contribution is 7.13. The maximum Gasteiger partial charge on any atom is 0.311 e. The Balaban J connectivity index is 1.87. The fraction of sp³-hybridized carbons (Fsp3) is 0.235. The van der Waals surface area contributed by atoms with Crippen molar-refractivity contribution in [2.75, 3.05) is 18.6 Å². The van der Waals surface area contributed by atoms with E-state index in [9.17, 15) is 4.79 Å². The summed E-state index contributed by atoms with van der Waals surface area (Å²) < 4.78 is 4.88. The van der Waals surface area contributed by atoms with Crippen molar-refractivity contribution in [3.05, 3.63) is 46.5 Å². The number of hydrazone groups is 1. The van der Waals surface area contributed by atoms with Gasteiger partial charge in [-0.05, 0) is 24.6 Å². The predicted octanol–water partition coefficient (Wildman–Crippen LogP) is 2.04. The summed E-state index contributed by atoms with van der Waals surface area (Å²) in [5.74, 6) is 5.13. The van der Waals surface area contributed by atoms with Crippen LogP contribution in [0.4, 0.5) is 5.13 Å². The van der Waals surface area contributed by atoms with Gasteiger partial charge in [-0.1, -0.05) is 24.0 Å². The van der Waals surface area contributed by atoms with E-state index in [0.717, 1.165) is 11.1 Å². The van der Waals surface area contributed by atoms with Gasteiger partial charge in [0.05, 0.1) is 24.9 Å². The van der Waals surface area contributed by atoms with E-state index in [1.807, 2.05) is 24.3 Å². The standard InChI is InChI=1S/C17H17N3O3S/c1-2-23-16(22)10-15-12-24-17(19-15)20-18-11-14-7-5-13(6-8-14)4-3-9-21/h5-8,11-12,21H,2,9-10H2,1H3,(H,19,20). The number of nitrogens with zero attached hydrogens (tertiary/aromatic N) is 2. The second kappa shape index (κ2) is 9.45. The Morgan fingerprint density at radius 2 is 2.25 bits per heavy atom. The van der Waals surface area contributed by atoms with Crippen LogP contribution in [0.25, 0.3) is 0 Å². The van der Waals surface area contributed by atoms with E-state index in [1.54, 1.807) is 18.5 Å². The number of thiazole rings is 1. The zero-order valence-electron chi connectivity index (χ0n) is 13.2. The van der Waals surface area contributed by atoms with Gasteiger partial charge in [0, 0.05) is 10.9 Å². The van der Waals surface area contributed by atoms with Crippen LogP contribution in [0.15, 0.2) is 34.7 Å². The highest BCUT2D eigenvalue weighted by Gasteiger charge is 2.07. The van der Waals surface area contributed by atoms with Crippen LogP contribution in [-0.2, 0) is 16.0 Å². The van der Waals surface area contributed by atoms with Gasteiger partial charge in [-0.2, -0.15) is 5.10 Å². The van der Waals surface area contributed by atoms with Crippen LogP contribution in [-0.4, -0.2) is 35.5 Å². The quantitative estimate of drug-likeness (QED) is 0.363. The minimum Gasteiger partial charge on any atom is -0.466 e. The first kappa shape index (κ1) is 17.7. The zero-order chi connectivity index (χ0) is 17.2. The predicted molar refractivity (Wildman–Crippen MR) is 94.1 cm³/mol. The summed E-state index contributed by atoms with van der Waals surface area (Å²) in [4.78, 5) is 15.6. The second-order valence-corrected chi connectivity index (χ2v) is 5.44. The second-order valence-electron chi connectivity index (χ2n) is 4.58. The number of anilines is 1. The number of esters is 1. The third-order valence-electron chi connectivity index (χ3n) is 2.78. The Labute approximate surface area is 144 Å². The van der Waals surface area contributed by atoms with Crippen molar-refractivity contribution in [3.8, 4) is 11.8 Å². The van der Waals surface area contributed by atoms with Crippen LogP contribution >= 0.6 is 11.3 Å². The van der Waals surface area contributed by atoms with Gasteiger partial charge in [0.15, 0.2) is 0 Å². The fourth-order valence-corrected chi connectivity index (χ4v) is 2.41. The van der Waals surface area contributed by atoms with E-state index in [-0.39, 0.29) is 19.0 Å². The number of aliphatic hydroxyl groups is 1. The minimum atomic E-state index is -0.290. The first-order valence-electron chi connectivity index (χ1n) is 7.30. The van der Waals surface area contributed by atoms with Crippen molar-refractivity contribution in [2.45, 2.75) is 13.3 Å². The Bertz CT molecular complexity index is 757. The molecule has 0 saturated carbocycles. The summed E-state index contributed by atoms with van der Waals surface area (Å²) in [5, 5.41) is 15.2. The largest absolute Gasteiger partial charge is 0.466 e. The number of benzene rings is 1.